The van der Waals surface area contributed by atoms with Gasteiger partial charge in [-0.15, -0.1) is 0 Å². The predicted octanol–water partition coefficient (Wildman–Crippen LogP) is -1.48. The molecule has 3 rings (SSSR count). The highest BCUT2D eigenvalue weighted by atomic mass is 16.6. The second-order valence-corrected chi connectivity index (χ2v) is 4.83. The maximum Gasteiger partial charge on any atom is 0.294 e. The fourth-order valence-corrected chi connectivity index (χ4v) is 2.67. The molecule has 0 saturated carbocycles. The van der Waals surface area contributed by atoms with Crippen molar-refractivity contribution in [2.75, 3.05) is 0 Å². The van der Waals surface area contributed by atoms with Crippen molar-refractivity contribution in [2.24, 2.45) is 0 Å². The van der Waals surface area contributed by atoms with E-state index in [-0.39, 0.29) is 6.42 Å². The van der Waals surface area contributed by atoms with Crippen LogP contribution in [0.3, 0.4) is 0 Å². The van der Waals surface area contributed by atoms with Gasteiger partial charge in [0.25, 0.3) is 5.66 Å². The molecule has 1 aliphatic carbocycles. The van der Waals surface area contributed by atoms with Crippen molar-refractivity contribution in [3.05, 3.63) is 16.6 Å². The molecule has 0 saturated heterocycles. The first-order chi connectivity index (χ1) is 7.45. The van der Waals surface area contributed by atoms with E-state index in [1.165, 1.54) is 0 Å². The van der Waals surface area contributed by atoms with E-state index in [0.717, 1.165) is 4.74 Å². The Kier molecular flexibility index (Phi) is 1.59. The van der Waals surface area contributed by atoms with Crippen LogP contribution in [-0.4, -0.2) is 31.5 Å². The Labute approximate surface area is 91.1 Å². The maximum absolute atomic E-state index is 12.0. The minimum absolute atomic E-state index is 0.222. The van der Waals surface area contributed by atoms with Crippen molar-refractivity contribution in [1.29, 1.82) is 0 Å². The minimum atomic E-state index is -1.34. The van der Waals surface area contributed by atoms with E-state index in [4.69, 9.17) is 0 Å². The van der Waals surface area contributed by atoms with E-state index in [1.54, 1.807) is 6.92 Å². The summed E-state index contributed by atoms with van der Waals surface area (Å²) in [6.45, 7) is 1.70. The topological polar surface area (TPSA) is 113 Å². The molecule has 2 atom stereocenters. The van der Waals surface area contributed by atoms with Gasteiger partial charge in [-0.1, -0.05) is 10.3 Å². The van der Waals surface area contributed by atoms with Gasteiger partial charge < -0.3 is 10.3 Å². The zero-order valence-electron chi connectivity index (χ0n) is 8.93. The summed E-state index contributed by atoms with van der Waals surface area (Å²) < 4.78 is 5.44. The van der Waals surface area contributed by atoms with Gasteiger partial charge >= 0.3 is 0 Å². The standard InChI is InChI=1S/C9H12N4O3/c1-8(10)4-9(14)6(13(8)15)3-2-5-7(9)12-16-11-5/h14H,2-4,10H2,1H3/p+1/t8-,9-/m0/s1. The van der Waals surface area contributed by atoms with E-state index < -0.39 is 11.3 Å². The van der Waals surface area contributed by atoms with Gasteiger partial charge in [-0.2, -0.15) is 4.74 Å². The van der Waals surface area contributed by atoms with Gasteiger partial charge in [0.15, 0.2) is 5.69 Å². The summed E-state index contributed by atoms with van der Waals surface area (Å²) in [7, 11) is 0. The molecule has 4 N–H and O–H groups in total. The Morgan fingerprint density at radius 1 is 1.50 bits per heavy atom. The summed E-state index contributed by atoms with van der Waals surface area (Å²) in [6, 6.07) is 0. The third-order valence-corrected chi connectivity index (χ3v) is 3.40. The monoisotopic (exact) mass is 225 g/mol. The summed E-state index contributed by atoms with van der Waals surface area (Å²) >= 11 is 0. The molecule has 0 bridgehead atoms. The first-order valence-electron chi connectivity index (χ1n) is 5.18. The molecule has 86 valence electrons. The molecule has 7 heteroatoms. The average Bonchev–Trinajstić information content (AvgIpc) is 2.70. The van der Waals surface area contributed by atoms with Gasteiger partial charge in [0.2, 0.25) is 11.3 Å². The van der Waals surface area contributed by atoms with Gasteiger partial charge in [0.1, 0.15) is 12.1 Å². The molecule has 1 aromatic heterocycles. The van der Waals surface area contributed by atoms with Gasteiger partial charge in [0, 0.05) is 12.8 Å². The highest BCUT2D eigenvalue weighted by molar-refractivity contribution is 5.92. The second-order valence-electron chi connectivity index (χ2n) is 4.83. The number of hydrogen-bond acceptors (Lipinski definition) is 5. The van der Waals surface area contributed by atoms with Crippen molar-refractivity contribution >= 4 is 5.71 Å². The van der Waals surface area contributed by atoms with Crippen molar-refractivity contribution in [3.8, 4) is 0 Å². The number of hydroxylamine groups is 1. The number of aryl methyl sites for hydroxylation is 1. The normalized spacial score (nSPS) is 37.4. The van der Waals surface area contributed by atoms with E-state index in [0.29, 0.717) is 29.9 Å². The van der Waals surface area contributed by atoms with E-state index in [2.05, 4.69) is 20.7 Å². The van der Waals surface area contributed by atoms with Crippen molar-refractivity contribution < 1.29 is 20.2 Å². The molecule has 0 amide bonds. The summed E-state index contributed by atoms with van der Waals surface area (Å²) in [6.07, 6.45) is 1.28. The summed E-state index contributed by atoms with van der Waals surface area (Å²) in [4.78, 5) is 0. The summed E-state index contributed by atoms with van der Waals surface area (Å²) in [5, 5.41) is 30.0. The third-order valence-electron chi connectivity index (χ3n) is 3.40. The van der Waals surface area contributed by atoms with Crippen LogP contribution >= 0.6 is 0 Å². The van der Waals surface area contributed by atoms with Crippen molar-refractivity contribution in [1.82, 2.24) is 10.3 Å². The Morgan fingerprint density at radius 2 is 2.25 bits per heavy atom. The van der Waals surface area contributed by atoms with Crippen LogP contribution < -0.4 is 5.73 Å². The van der Waals surface area contributed by atoms with Crippen molar-refractivity contribution in [2.45, 2.75) is 37.5 Å². The Morgan fingerprint density at radius 3 is 3.00 bits per heavy atom. The van der Waals surface area contributed by atoms with Gasteiger partial charge in [-0.25, -0.2) is 4.63 Å². The zero-order chi connectivity index (χ0) is 11.6. The number of fused-ring (bicyclic) bond motifs is 3. The summed E-state index contributed by atoms with van der Waals surface area (Å²) in [5.74, 6) is 0. The van der Waals surface area contributed by atoms with Crippen LogP contribution in [0.5, 0.6) is 0 Å². The van der Waals surface area contributed by atoms with E-state index in [9.17, 15) is 10.3 Å². The lowest BCUT2D eigenvalue weighted by Crippen LogP contribution is -2.74. The Hall–Kier alpha value is -1.47. The van der Waals surface area contributed by atoms with Gasteiger partial charge in [-0.05, 0) is 0 Å². The number of rotatable bonds is 0. The molecule has 2 heterocycles. The van der Waals surface area contributed by atoms with Crippen LogP contribution in [0.25, 0.3) is 0 Å². The Bertz CT molecular complexity index is 493. The van der Waals surface area contributed by atoms with Crippen LogP contribution in [0.2, 0.25) is 0 Å². The Balaban J connectivity index is 2.22. The molecule has 0 radical (unpaired) electrons. The minimum Gasteiger partial charge on any atom is -0.619 e. The average molecular weight is 225 g/mol. The molecule has 16 heavy (non-hydrogen) atoms. The fraction of sp³-hybridized carbons (Fsp3) is 0.667. The molecule has 0 fully saturated rings. The lowest BCUT2D eigenvalue weighted by atomic mass is 9.81. The molecule has 0 unspecified atom stereocenters. The molecule has 7 nitrogen and oxygen atoms in total. The third kappa shape index (κ3) is 0.966. The van der Waals surface area contributed by atoms with Crippen LogP contribution in [0, 0.1) is 5.21 Å². The molecule has 0 spiro atoms. The lowest BCUT2D eigenvalue weighted by molar-refractivity contribution is -0.740. The molecular weight excluding hydrogens is 212 g/mol. The van der Waals surface area contributed by atoms with Crippen molar-refractivity contribution in [3.63, 3.8) is 0 Å². The van der Waals surface area contributed by atoms with E-state index >= 15 is 0 Å². The predicted molar refractivity (Wildman–Crippen MR) is 51.1 cm³/mol. The molecular formula is C9H13N4O3+. The molecule has 1 aliphatic heterocycles. The number of aliphatic hydroxyl groups is 1. The fourth-order valence-electron chi connectivity index (χ4n) is 2.67. The molecule has 2 aliphatic rings. The van der Waals surface area contributed by atoms with Crippen LogP contribution in [0.4, 0.5) is 0 Å². The van der Waals surface area contributed by atoms with Gasteiger partial charge in [-0.3, -0.25) is 5.73 Å². The lowest BCUT2D eigenvalue weighted by Gasteiger charge is -2.21. The number of nitrogens with zero attached hydrogens (tertiary/aromatic N) is 3. The van der Waals surface area contributed by atoms with E-state index in [1.807, 2.05) is 0 Å². The second kappa shape index (κ2) is 2.61. The quantitative estimate of drug-likeness (QED) is 0.413. The van der Waals surface area contributed by atoms with Crippen LogP contribution in [0.15, 0.2) is 4.63 Å². The number of hydrogen-bond donors (Lipinski definition) is 2. The SMILES string of the molecule is C[C@@]1([NH3+])C[C@]2(O)C(=[N+]1[O-])CCc1nonc12. The summed E-state index contributed by atoms with van der Waals surface area (Å²) in [5.41, 5.74) is 3.07. The highest BCUT2D eigenvalue weighted by Crippen LogP contribution is 2.41. The first-order valence-corrected chi connectivity index (χ1v) is 5.18. The number of aromatic nitrogens is 2. The first kappa shape index (κ1) is 9.73. The highest BCUT2D eigenvalue weighted by Gasteiger charge is 2.62. The largest absolute Gasteiger partial charge is 0.619 e. The maximum atomic E-state index is 12.0. The zero-order valence-corrected chi connectivity index (χ0v) is 8.93. The number of quaternary nitrogens is 1. The van der Waals surface area contributed by atoms with Crippen LogP contribution in [-0.2, 0) is 12.0 Å². The molecule has 1 aromatic rings. The smallest absolute Gasteiger partial charge is 0.294 e. The van der Waals surface area contributed by atoms with Gasteiger partial charge in [0.05, 0.1) is 6.92 Å². The van der Waals surface area contributed by atoms with Crippen LogP contribution in [0.1, 0.15) is 31.2 Å². The molecule has 0 aromatic carbocycles.